The van der Waals surface area contributed by atoms with Crippen molar-refractivity contribution in [3.05, 3.63) is 59.7 Å². The standard InChI is InChI=1S/C17H17N3O3/c1-11-6-8-12(9-7-11)17(22)20-10-15(16(21)19-18)23-14-5-3-2-4-13(14)20/h2-9,15H,10,18H2,1H3,(H,19,21). The van der Waals surface area contributed by atoms with Gasteiger partial charge in [-0.05, 0) is 31.2 Å². The average Bonchev–Trinajstić information content (AvgIpc) is 2.60. The summed E-state index contributed by atoms with van der Waals surface area (Å²) in [5, 5.41) is 0. The number of nitrogens with two attached hydrogens (primary N) is 1. The lowest BCUT2D eigenvalue weighted by molar-refractivity contribution is -0.127. The lowest BCUT2D eigenvalue weighted by Crippen LogP contribution is -2.52. The van der Waals surface area contributed by atoms with E-state index in [9.17, 15) is 9.59 Å². The SMILES string of the molecule is Cc1ccc(C(=O)N2CC(C(=O)NN)Oc3ccccc32)cc1. The van der Waals surface area contributed by atoms with E-state index in [4.69, 9.17) is 10.6 Å². The predicted molar refractivity (Wildman–Crippen MR) is 86.0 cm³/mol. The van der Waals surface area contributed by atoms with Gasteiger partial charge in [0.15, 0.2) is 6.10 Å². The maximum absolute atomic E-state index is 12.8. The molecular formula is C17H17N3O3. The van der Waals surface area contributed by atoms with Gasteiger partial charge in [0.1, 0.15) is 5.75 Å². The van der Waals surface area contributed by atoms with Gasteiger partial charge in [-0.25, -0.2) is 5.84 Å². The van der Waals surface area contributed by atoms with Crippen LogP contribution in [-0.4, -0.2) is 24.5 Å². The molecule has 118 valence electrons. The van der Waals surface area contributed by atoms with Crippen LogP contribution in [-0.2, 0) is 4.79 Å². The molecule has 2 aromatic rings. The van der Waals surface area contributed by atoms with Crippen molar-refractivity contribution in [2.45, 2.75) is 13.0 Å². The number of carbonyl (C=O) groups is 2. The van der Waals surface area contributed by atoms with E-state index in [1.54, 1.807) is 35.2 Å². The highest BCUT2D eigenvalue weighted by Gasteiger charge is 2.33. The molecule has 1 aliphatic rings. The van der Waals surface area contributed by atoms with Crippen LogP contribution in [0, 0.1) is 6.92 Å². The van der Waals surface area contributed by atoms with Gasteiger partial charge < -0.3 is 9.64 Å². The summed E-state index contributed by atoms with van der Waals surface area (Å²) in [4.78, 5) is 26.2. The maximum Gasteiger partial charge on any atom is 0.276 e. The number of amides is 2. The third kappa shape index (κ3) is 2.89. The second-order valence-corrected chi connectivity index (χ2v) is 5.36. The van der Waals surface area contributed by atoms with Crippen LogP contribution in [0.25, 0.3) is 0 Å². The fourth-order valence-corrected chi connectivity index (χ4v) is 2.51. The van der Waals surface area contributed by atoms with Gasteiger partial charge >= 0.3 is 0 Å². The van der Waals surface area contributed by atoms with Gasteiger partial charge in [0.2, 0.25) is 0 Å². The number of para-hydroxylation sites is 2. The highest BCUT2D eigenvalue weighted by molar-refractivity contribution is 6.07. The number of aryl methyl sites for hydroxylation is 1. The molecule has 0 saturated heterocycles. The number of benzene rings is 2. The van der Waals surface area contributed by atoms with Crippen LogP contribution in [0.3, 0.4) is 0 Å². The first kappa shape index (κ1) is 15.1. The molecule has 1 unspecified atom stereocenters. The van der Waals surface area contributed by atoms with Crippen LogP contribution in [0.2, 0.25) is 0 Å². The van der Waals surface area contributed by atoms with E-state index in [-0.39, 0.29) is 12.5 Å². The highest BCUT2D eigenvalue weighted by Crippen LogP contribution is 2.34. The second-order valence-electron chi connectivity index (χ2n) is 5.36. The summed E-state index contributed by atoms with van der Waals surface area (Å²) < 4.78 is 5.63. The van der Waals surface area contributed by atoms with E-state index < -0.39 is 12.0 Å². The topological polar surface area (TPSA) is 84.7 Å². The number of carbonyl (C=O) groups excluding carboxylic acids is 2. The largest absolute Gasteiger partial charge is 0.476 e. The second kappa shape index (κ2) is 6.10. The first-order valence-corrected chi connectivity index (χ1v) is 7.25. The molecule has 0 radical (unpaired) electrons. The van der Waals surface area contributed by atoms with Crippen molar-refractivity contribution in [3.8, 4) is 5.75 Å². The smallest absolute Gasteiger partial charge is 0.276 e. The van der Waals surface area contributed by atoms with Crippen LogP contribution in [0.4, 0.5) is 5.69 Å². The number of hydrogen-bond acceptors (Lipinski definition) is 4. The van der Waals surface area contributed by atoms with E-state index in [1.165, 1.54) is 0 Å². The number of anilines is 1. The van der Waals surface area contributed by atoms with Crippen LogP contribution >= 0.6 is 0 Å². The number of ether oxygens (including phenoxy) is 1. The molecule has 1 aliphatic heterocycles. The summed E-state index contributed by atoms with van der Waals surface area (Å²) in [5.74, 6) is 5.01. The Morgan fingerprint density at radius 2 is 1.87 bits per heavy atom. The minimum absolute atomic E-state index is 0.104. The molecule has 3 rings (SSSR count). The van der Waals surface area contributed by atoms with Gasteiger partial charge in [0, 0.05) is 5.56 Å². The van der Waals surface area contributed by atoms with Crippen molar-refractivity contribution in [1.29, 1.82) is 0 Å². The average molecular weight is 311 g/mol. The number of fused-ring (bicyclic) bond motifs is 1. The molecule has 23 heavy (non-hydrogen) atoms. The van der Waals surface area contributed by atoms with Gasteiger partial charge in [-0.1, -0.05) is 29.8 Å². The highest BCUT2D eigenvalue weighted by atomic mass is 16.5. The monoisotopic (exact) mass is 311 g/mol. The molecule has 0 fully saturated rings. The zero-order valence-electron chi connectivity index (χ0n) is 12.7. The fraction of sp³-hybridized carbons (Fsp3) is 0.176. The number of nitrogens with zero attached hydrogens (tertiary/aromatic N) is 1. The van der Waals surface area contributed by atoms with Crippen molar-refractivity contribution in [2.24, 2.45) is 5.84 Å². The summed E-state index contributed by atoms with van der Waals surface area (Å²) in [7, 11) is 0. The first-order chi connectivity index (χ1) is 11.1. The Balaban J connectivity index is 1.97. The molecule has 1 atom stereocenters. The van der Waals surface area contributed by atoms with Crippen molar-refractivity contribution in [2.75, 3.05) is 11.4 Å². The van der Waals surface area contributed by atoms with Crippen LogP contribution in [0.15, 0.2) is 48.5 Å². The Morgan fingerprint density at radius 1 is 1.17 bits per heavy atom. The first-order valence-electron chi connectivity index (χ1n) is 7.25. The Hall–Kier alpha value is -2.86. The van der Waals surface area contributed by atoms with E-state index in [0.29, 0.717) is 17.0 Å². The van der Waals surface area contributed by atoms with E-state index >= 15 is 0 Å². The van der Waals surface area contributed by atoms with Crippen molar-refractivity contribution < 1.29 is 14.3 Å². The number of hydrazine groups is 1. The summed E-state index contributed by atoms with van der Waals surface area (Å²) >= 11 is 0. The lowest BCUT2D eigenvalue weighted by Gasteiger charge is -2.34. The molecule has 0 saturated carbocycles. The molecule has 0 aromatic heterocycles. The lowest BCUT2D eigenvalue weighted by atomic mass is 10.1. The third-order valence-electron chi connectivity index (χ3n) is 3.75. The van der Waals surface area contributed by atoms with Crippen LogP contribution in [0.5, 0.6) is 5.75 Å². The molecular weight excluding hydrogens is 294 g/mol. The summed E-state index contributed by atoms with van der Waals surface area (Å²) in [5.41, 5.74) is 4.34. The molecule has 0 aliphatic carbocycles. The minimum atomic E-state index is -0.843. The van der Waals surface area contributed by atoms with Crippen LogP contribution < -0.4 is 20.9 Å². The molecule has 0 spiro atoms. The molecule has 6 heteroatoms. The van der Waals surface area contributed by atoms with Gasteiger partial charge in [-0.15, -0.1) is 0 Å². The van der Waals surface area contributed by atoms with Gasteiger partial charge in [0.05, 0.1) is 12.2 Å². The van der Waals surface area contributed by atoms with Gasteiger partial charge in [-0.2, -0.15) is 0 Å². The Labute approximate surface area is 133 Å². The fourth-order valence-electron chi connectivity index (χ4n) is 2.51. The molecule has 0 bridgehead atoms. The van der Waals surface area contributed by atoms with E-state index in [1.807, 2.05) is 25.1 Å². The minimum Gasteiger partial charge on any atom is -0.476 e. The number of rotatable bonds is 2. The molecule has 2 amide bonds. The van der Waals surface area contributed by atoms with E-state index in [0.717, 1.165) is 5.56 Å². The summed E-state index contributed by atoms with van der Waals surface area (Å²) in [6.07, 6.45) is -0.843. The maximum atomic E-state index is 12.8. The number of nitrogens with one attached hydrogen (secondary N) is 1. The van der Waals surface area contributed by atoms with Crippen molar-refractivity contribution >= 4 is 17.5 Å². The van der Waals surface area contributed by atoms with Gasteiger partial charge in [0.25, 0.3) is 11.8 Å². The summed E-state index contributed by atoms with van der Waals surface area (Å²) in [6.45, 7) is 2.06. The quantitative estimate of drug-likeness (QED) is 0.499. The number of hydrogen-bond donors (Lipinski definition) is 2. The predicted octanol–water partition coefficient (Wildman–Crippen LogP) is 1.39. The zero-order chi connectivity index (χ0) is 16.4. The van der Waals surface area contributed by atoms with Gasteiger partial charge in [-0.3, -0.25) is 15.0 Å². The molecule has 6 nitrogen and oxygen atoms in total. The zero-order valence-corrected chi connectivity index (χ0v) is 12.7. The molecule has 3 N–H and O–H groups in total. The van der Waals surface area contributed by atoms with Crippen molar-refractivity contribution in [1.82, 2.24) is 5.43 Å². The van der Waals surface area contributed by atoms with E-state index in [2.05, 4.69) is 5.43 Å². The molecule has 2 aromatic carbocycles. The molecule has 1 heterocycles. The Morgan fingerprint density at radius 3 is 2.57 bits per heavy atom. The van der Waals surface area contributed by atoms with Crippen LogP contribution in [0.1, 0.15) is 15.9 Å². The van der Waals surface area contributed by atoms with Crippen molar-refractivity contribution in [3.63, 3.8) is 0 Å². The summed E-state index contributed by atoms with van der Waals surface area (Å²) in [6, 6.07) is 14.4. The Bertz CT molecular complexity index is 743. The Kier molecular flexibility index (Phi) is 3.99. The normalized spacial score (nSPS) is 16.3. The third-order valence-corrected chi connectivity index (χ3v) is 3.75.